The molecule has 2 aliphatic rings. The Labute approximate surface area is 146 Å². The van der Waals surface area contributed by atoms with Crippen molar-refractivity contribution in [1.82, 2.24) is 5.32 Å². The fraction of sp³-hybridized carbons (Fsp3) is 0.800. The summed E-state index contributed by atoms with van der Waals surface area (Å²) in [5, 5.41) is 11.9. The number of esters is 1. The number of nitriles is 1. The Balaban J connectivity index is 1.68. The summed E-state index contributed by atoms with van der Waals surface area (Å²) in [4.78, 5) is 23.6. The van der Waals surface area contributed by atoms with E-state index in [9.17, 15) is 23.3 Å². The van der Waals surface area contributed by atoms with Gasteiger partial charge in [0.1, 0.15) is 5.54 Å². The van der Waals surface area contributed by atoms with Crippen LogP contribution < -0.4 is 5.32 Å². The quantitative estimate of drug-likeness (QED) is 0.684. The number of nitrogens with zero attached hydrogens (tertiary/aromatic N) is 1. The van der Waals surface area contributed by atoms with E-state index in [0.29, 0.717) is 19.3 Å². The first-order chi connectivity index (χ1) is 11.3. The fourth-order valence-corrected chi connectivity index (χ4v) is 6.43. The molecule has 0 aromatic rings. The van der Waals surface area contributed by atoms with Gasteiger partial charge in [-0.3, -0.25) is 9.59 Å². The fourth-order valence-electron chi connectivity index (χ4n) is 2.99. The third-order valence-electron chi connectivity index (χ3n) is 4.29. The predicted octanol–water partition coefficient (Wildman–Crippen LogP) is 0.793. The van der Waals surface area contributed by atoms with Crippen LogP contribution in [-0.4, -0.2) is 54.9 Å². The Hall–Kier alpha value is -1.27. The lowest BCUT2D eigenvalue weighted by atomic mass is 9.83. The van der Waals surface area contributed by atoms with Gasteiger partial charge in [0.2, 0.25) is 0 Å². The summed E-state index contributed by atoms with van der Waals surface area (Å²) >= 11 is 1.25. The van der Waals surface area contributed by atoms with Gasteiger partial charge in [0.05, 0.1) is 23.3 Å². The molecule has 24 heavy (non-hydrogen) atoms. The molecule has 1 aliphatic carbocycles. The highest BCUT2D eigenvalue weighted by Gasteiger charge is 2.34. The van der Waals surface area contributed by atoms with E-state index in [-0.39, 0.29) is 22.5 Å². The van der Waals surface area contributed by atoms with Crippen LogP contribution in [0.3, 0.4) is 0 Å². The number of rotatable bonds is 6. The Kier molecular flexibility index (Phi) is 6.52. The number of hydrogen-bond donors (Lipinski definition) is 1. The zero-order valence-electron chi connectivity index (χ0n) is 13.5. The first kappa shape index (κ1) is 19.1. The van der Waals surface area contributed by atoms with Crippen LogP contribution in [0, 0.1) is 11.3 Å². The molecule has 0 aromatic carbocycles. The molecule has 2 rings (SSSR count). The summed E-state index contributed by atoms with van der Waals surface area (Å²) in [5.41, 5.74) is -0.839. The van der Waals surface area contributed by atoms with Crippen molar-refractivity contribution in [3.8, 4) is 6.07 Å². The molecule has 1 aliphatic heterocycles. The molecule has 1 N–H and O–H groups in total. The van der Waals surface area contributed by atoms with Crippen LogP contribution in [-0.2, 0) is 24.2 Å². The lowest BCUT2D eigenvalue weighted by Gasteiger charge is -2.31. The highest BCUT2D eigenvalue weighted by atomic mass is 32.2. The van der Waals surface area contributed by atoms with E-state index in [2.05, 4.69) is 11.4 Å². The summed E-state index contributed by atoms with van der Waals surface area (Å²) in [6.45, 7) is -0.411. The summed E-state index contributed by atoms with van der Waals surface area (Å²) in [6, 6.07) is 2.17. The first-order valence-electron chi connectivity index (χ1n) is 8.04. The topological polar surface area (TPSA) is 113 Å². The van der Waals surface area contributed by atoms with Crippen molar-refractivity contribution < 1.29 is 22.7 Å². The van der Waals surface area contributed by atoms with E-state index < -0.39 is 33.9 Å². The minimum Gasteiger partial charge on any atom is -0.455 e. The van der Waals surface area contributed by atoms with Gasteiger partial charge >= 0.3 is 5.97 Å². The predicted molar refractivity (Wildman–Crippen MR) is 90.0 cm³/mol. The SMILES string of the molecule is N#CC1(NC(=O)COC(=O)CS[C@H]2CCS(=O)(=O)C2)CCCCC1. The largest absolute Gasteiger partial charge is 0.455 e. The van der Waals surface area contributed by atoms with Crippen LogP contribution in [0.4, 0.5) is 0 Å². The van der Waals surface area contributed by atoms with E-state index in [1.54, 1.807) is 0 Å². The van der Waals surface area contributed by atoms with Gasteiger partial charge in [-0.05, 0) is 19.3 Å². The van der Waals surface area contributed by atoms with Gasteiger partial charge in [-0.15, -0.1) is 11.8 Å². The van der Waals surface area contributed by atoms with Crippen molar-refractivity contribution in [2.45, 2.75) is 49.3 Å². The summed E-state index contributed by atoms with van der Waals surface area (Å²) < 4.78 is 27.6. The minimum absolute atomic E-state index is 0.0247. The zero-order chi connectivity index (χ0) is 17.6. The van der Waals surface area contributed by atoms with Crippen molar-refractivity contribution >= 4 is 33.5 Å². The molecular formula is C15H22N2O5S2. The maximum Gasteiger partial charge on any atom is 0.316 e. The van der Waals surface area contributed by atoms with E-state index in [4.69, 9.17) is 4.74 Å². The highest BCUT2D eigenvalue weighted by molar-refractivity contribution is 8.02. The molecule has 0 bridgehead atoms. The molecule has 0 spiro atoms. The van der Waals surface area contributed by atoms with Crippen LogP contribution in [0.25, 0.3) is 0 Å². The van der Waals surface area contributed by atoms with E-state index in [1.165, 1.54) is 11.8 Å². The third kappa shape index (κ3) is 5.67. The molecule has 2 fully saturated rings. The number of carbonyl (C=O) groups is 2. The summed E-state index contributed by atoms with van der Waals surface area (Å²) in [6.07, 6.45) is 4.64. The first-order valence-corrected chi connectivity index (χ1v) is 10.9. The molecule has 1 amide bonds. The maximum absolute atomic E-state index is 11.9. The lowest BCUT2D eigenvalue weighted by molar-refractivity contribution is -0.146. The van der Waals surface area contributed by atoms with Gasteiger partial charge in [-0.1, -0.05) is 19.3 Å². The second-order valence-corrected chi connectivity index (χ2v) is 9.82. The molecular weight excluding hydrogens is 352 g/mol. The Morgan fingerprint density at radius 3 is 2.58 bits per heavy atom. The molecule has 1 saturated heterocycles. The summed E-state index contributed by atoms with van der Waals surface area (Å²) in [7, 11) is -2.96. The normalized spacial score (nSPS) is 24.7. The minimum atomic E-state index is -2.96. The molecule has 1 saturated carbocycles. The average Bonchev–Trinajstić information content (AvgIpc) is 2.91. The van der Waals surface area contributed by atoms with Crippen molar-refractivity contribution in [2.24, 2.45) is 0 Å². The molecule has 1 heterocycles. The van der Waals surface area contributed by atoms with Crippen molar-refractivity contribution in [2.75, 3.05) is 23.9 Å². The van der Waals surface area contributed by atoms with Crippen LogP contribution >= 0.6 is 11.8 Å². The molecule has 0 radical (unpaired) electrons. The van der Waals surface area contributed by atoms with Gasteiger partial charge < -0.3 is 10.1 Å². The second kappa shape index (κ2) is 8.21. The lowest BCUT2D eigenvalue weighted by Crippen LogP contribution is -2.50. The zero-order valence-corrected chi connectivity index (χ0v) is 15.1. The number of hydrogen-bond acceptors (Lipinski definition) is 7. The van der Waals surface area contributed by atoms with Gasteiger partial charge in [0, 0.05) is 5.25 Å². The van der Waals surface area contributed by atoms with E-state index in [0.717, 1.165) is 19.3 Å². The molecule has 0 unspecified atom stereocenters. The Morgan fingerprint density at radius 1 is 1.29 bits per heavy atom. The highest BCUT2D eigenvalue weighted by Crippen LogP contribution is 2.27. The number of carbonyl (C=O) groups excluding carboxylic acids is 2. The van der Waals surface area contributed by atoms with Crippen LogP contribution in [0.2, 0.25) is 0 Å². The van der Waals surface area contributed by atoms with Crippen LogP contribution in [0.5, 0.6) is 0 Å². The Bertz CT molecular complexity index is 620. The number of thioether (sulfide) groups is 1. The Morgan fingerprint density at radius 2 is 2.00 bits per heavy atom. The van der Waals surface area contributed by atoms with Crippen LogP contribution in [0.15, 0.2) is 0 Å². The number of nitrogens with one attached hydrogen (secondary N) is 1. The molecule has 9 heteroatoms. The van der Waals surface area contributed by atoms with Gasteiger partial charge in [-0.25, -0.2) is 8.42 Å². The number of amides is 1. The van der Waals surface area contributed by atoms with Crippen LogP contribution in [0.1, 0.15) is 38.5 Å². The molecule has 0 aromatic heterocycles. The van der Waals surface area contributed by atoms with Gasteiger partial charge in [0.15, 0.2) is 16.4 Å². The van der Waals surface area contributed by atoms with Crippen molar-refractivity contribution in [1.29, 1.82) is 5.26 Å². The van der Waals surface area contributed by atoms with Crippen molar-refractivity contribution in [3.05, 3.63) is 0 Å². The van der Waals surface area contributed by atoms with Gasteiger partial charge in [-0.2, -0.15) is 5.26 Å². The number of ether oxygens (including phenoxy) is 1. The van der Waals surface area contributed by atoms with Crippen molar-refractivity contribution in [3.63, 3.8) is 0 Å². The van der Waals surface area contributed by atoms with E-state index >= 15 is 0 Å². The monoisotopic (exact) mass is 374 g/mol. The second-order valence-electron chi connectivity index (χ2n) is 6.30. The number of sulfone groups is 1. The third-order valence-corrected chi connectivity index (χ3v) is 7.55. The van der Waals surface area contributed by atoms with E-state index in [1.807, 2.05) is 0 Å². The average molecular weight is 374 g/mol. The van der Waals surface area contributed by atoms with Gasteiger partial charge in [0.25, 0.3) is 5.91 Å². The molecule has 134 valence electrons. The summed E-state index contributed by atoms with van der Waals surface area (Å²) in [5.74, 6) is -0.736. The smallest absolute Gasteiger partial charge is 0.316 e. The standard InChI is InChI=1S/C15H22N2O5S2/c16-11-15(5-2-1-3-6-15)17-13(18)8-22-14(19)9-23-12-4-7-24(20,21)10-12/h12H,1-10H2,(H,17,18)/t12-/m0/s1. The molecule has 7 nitrogen and oxygen atoms in total. The molecule has 1 atom stereocenters. The maximum atomic E-state index is 11.9.